The third kappa shape index (κ3) is 3.52. The van der Waals surface area contributed by atoms with Crippen LogP contribution in [0.2, 0.25) is 0 Å². The van der Waals surface area contributed by atoms with Crippen LogP contribution in [0.15, 0.2) is 0 Å². The Kier molecular flexibility index (Phi) is 7.34. The zero-order valence-corrected chi connectivity index (χ0v) is 11.0. The minimum absolute atomic E-state index is 0. The molecular weight excluding hydrogens is 195 g/mol. The summed E-state index contributed by atoms with van der Waals surface area (Å²) in [5.41, 5.74) is -0.863. The summed E-state index contributed by atoms with van der Waals surface area (Å²) >= 11 is 0. The Morgan fingerprint density at radius 2 is 1.43 bits per heavy atom. The molecule has 0 saturated carbocycles. The van der Waals surface area contributed by atoms with E-state index in [1.54, 1.807) is 20.8 Å². The van der Waals surface area contributed by atoms with Crippen molar-refractivity contribution in [2.45, 2.75) is 33.6 Å². The maximum Gasteiger partial charge on any atom is 1.00 e. The fourth-order valence-corrected chi connectivity index (χ4v) is 1.18. The molecule has 0 aromatic rings. The van der Waals surface area contributed by atoms with Gasteiger partial charge in [0.1, 0.15) is 0 Å². The van der Waals surface area contributed by atoms with E-state index >= 15 is 0 Å². The van der Waals surface area contributed by atoms with Gasteiger partial charge in [0.25, 0.3) is 0 Å². The topological polar surface area (TPSA) is 80.3 Å². The van der Waals surface area contributed by atoms with Crippen LogP contribution in [-0.4, -0.2) is 11.9 Å². The van der Waals surface area contributed by atoms with E-state index in [4.69, 9.17) is 0 Å². The van der Waals surface area contributed by atoms with Gasteiger partial charge in [-0.05, 0) is 0 Å². The van der Waals surface area contributed by atoms with Crippen LogP contribution in [0.25, 0.3) is 0 Å². The zero-order chi connectivity index (χ0) is 10.6. The van der Waals surface area contributed by atoms with Crippen LogP contribution in [0.4, 0.5) is 0 Å². The molecule has 0 aliphatic rings. The quantitative estimate of drug-likeness (QED) is 0.261. The number of carbonyl (C=O) groups excluding carboxylic acids is 2. The molecule has 0 unspecified atom stereocenters. The Morgan fingerprint density at radius 3 is 1.50 bits per heavy atom. The second kappa shape index (κ2) is 6.32. The molecule has 5 heteroatoms. The van der Waals surface area contributed by atoms with Gasteiger partial charge in [-0.15, -0.1) is 5.41 Å². The maximum atomic E-state index is 10.5. The Balaban J connectivity index is 0. The van der Waals surface area contributed by atoms with Gasteiger partial charge in [-0.1, -0.05) is 45.6 Å². The summed E-state index contributed by atoms with van der Waals surface area (Å²) in [6, 6.07) is 0. The predicted molar refractivity (Wildman–Crippen MR) is 41.9 cm³/mol. The van der Waals surface area contributed by atoms with Crippen molar-refractivity contribution in [2.75, 3.05) is 0 Å². The number of carboxylic acid groups (broad SMARTS) is 2. The first-order valence-corrected chi connectivity index (χ1v) is 4.19. The first-order chi connectivity index (χ1) is 5.89. The van der Waals surface area contributed by atoms with Gasteiger partial charge in [-0.3, -0.25) is 5.92 Å². The maximum absolute atomic E-state index is 10.5. The van der Waals surface area contributed by atoms with Crippen LogP contribution < -0.4 is 39.8 Å². The summed E-state index contributed by atoms with van der Waals surface area (Å²) in [6.45, 7) is 5.04. The second-order valence-corrected chi connectivity index (χ2v) is 3.22. The molecule has 0 heterocycles. The molecular formula is C9H13NaO4-2. The number of hydrogen-bond acceptors (Lipinski definition) is 4. The average Bonchev–Trinajstić information content (AvgIpc) is 2.02. The van der Waals surface area contributed by atoms with E-state index in [1.165, 1.54) is 0 Å². The number of rotatable bonds is 5. The number of aliphatic carboxylic acids is 2. The van der Waals surface area contributed by atoms with Crippen molar-refractivity contribution in [2.24, 2.45) is 5.41 Å². The second-order valence-electron chi connectivity index (χ2n) is 3.22. The van der Waals surface area contributed by atoms with Gasteiger partial charge in [0.15, 0.2) is 0 Å². The summed E-state index contributed by atoms with van der Waals surface area (Å²) in [4.78, 5) is 21.1. The van der Waals surface area contributed by atoms with Gasteiger partial charge in [0, 0.05) is 0 Å². The fraction of sp³-hybridized carbons (Fsp3) is 0.667. The zero-order valence-electron chi connectivity index (χ0n) is 9.05. The molecule has 0 N–H and O–H groups in total. The van der Waals surface area contributed by atoms with Gasteiger partial charge in [0.05, 0.1) is 0 Å². The fourth-order valence-electron chi connectivity index (χ4n) is 1.18. The van der Waals surface area contributed by atoms with Crippen LogP contribution in [0.1, 0.15) is 33.6 Å². The van der Waals surface area contributed by atoms with Gasteiger partial charge in [-0.25, -0.2) is 0 Å². The van der Waals surface area contributed by atoms with Crippen molar-refractivity contribution in [1.29, 1.82) is 0 Å². The summed E-state index contributed by atoms with van der Waals surface area (Å²) in [6.07, 6.45) is 0.863. The molecule has 14 heavy (non-hydrogen) atoms. The number of hydrogen-bond donors (Lipinski definition) is 0. The molecule has 0 fully saturated rings. The Hall–Kier alpha value is -0.190. The van der Waals surface area contributed by atoms with Crippen molar-refractivity contribution in [3.63, 3.8) is 0 Å². The molecule has 76 valence electrons. The van der Waals surface area contributed by atoms with Gasteiger partial charge >= 0.3 is 29.6 Å². The summed E-state index contributed by atoms with van der Waals surface area (Å²) in [5, 5.41) is 21.1. The standard InChI is InChI=1S/C9H15O4.Na/c1-4-9(3,5-2)6(7(10)11)8(12)13;/h4-5H2,1-3H3,(H,10,11)(H,12,13);/q-1;+1/p-2. The SMILES string of the molecule is CCC(C)(CC)[C-](C(=O)[O-])C(=O)[O-].[Na+]. The summed E-state index contributed by atoms with van der Waals surface area (Å²) < 4.78 is 0. The number of carboxylic acids is 2. The number of carbonyl (C=O) groups is 2. The molecule has 0 aromatic heterocycles. The van der Waals surface area contributed by atoms with E-state index in [0.717, 1.165) is 0 Å². The van der Waals surface area contributed by atoms with Crippen LogP contribution >= 0.6 is 0 Å². The predicted octanol–water partition coefficient (Wildman–Crippen LogP) is -4.11. The summed E-state index contributed by atoms with van der Waals surface area (Å²) in [7, 11) is 0. The van der Waals surface area contributed by atoms with Crippen LogP contribution in [0, 0.1) is 11.3 Å². The third-order valence-corrected chi connectivity index (χ3v) is 2.57. The summed E-state index contributed by atoms with van der Waals surface area (Å²) in [5.74, 6) is -3.94. The van der Waals surface area contributed by atoms with E-state index in [2.05, 4.69) is 0 Å². The van der Waals surface area contributed by atoms with Crippen molar-refractivity contribution in [3.8, 4) is 0 Å². The minimum Gasteiger partial charge on any atom is -0.584 e. The normalized spacial score (nSPS) is 10.2. The van der Waals surface area contributed by atoms with Gasteiger partial charge in [0.2, 0.25) is 0 Å². The van der Waals surface area contributed by atoms with E-state index in [1.807, 2.05) is 0 Å². The average molecular weight is 208 g/mol. The van der Waals surface area contributed by atoms with Gasteiger partial charge < -0.3 is 19.8 Å². The molecule has 0 amide bonds. The molecule has 4 nitrogen and oxygen atoms in total. The molecule has 0 saturated heterocycles. The first kappa shape index (κ1) is 16.2. The van der Waals surface area contributed by atoms with Crippen LogP contribution in [0.5, 0.6) is 0 Å². The smallest absolute Gasteiger partial charge is 0.584 e. The van der Waals surface area contributed by atoms with Crippen LogP contribution in [0.3, 0.4) is 0 Å². The molecule has 0 bridgehead atoms. The first-order valence-electron chi connectivity index (χ1n) is 4.19. The molecule has 0 aromatic carbocycles. The minimum atomic E-state index is -1.65. The third-order valence-electron chi connectivity index (χ3n) is 2.57. The Morgan fingerprint density at radius 1 is 1.14 bits per heavy atom. The van der Waals surface area contributed by atoms with E-state index in [-0.39, 0.29) is 29.6 Å². The van der Waals surface area contributed by atoms with E-state index < -0.39 is 23.3 Å². The van der Waals surface area contributed by atoms with Crippen LogP contribution in [-0.2, 0) is 9.59 Å². The molecule has 0 aliphatic heterocycles. The van der Waals surface area contributed by atoms with Crippen molar-refractivity contribution < 1.29 is 49.4 Å². The monoisotopic (exact) mass is 208 g/mol. The van der Waals surface area contributed by atoms with Gasteiger partial charge in [-0.2, -0.15) is 0 Å². The van der Waals surface area contributed by atoms with E-state index in [9.17, 15) is 19.8 Å². The van der Waals surface area contributed by atoms with Crippen molar-refractivity contribution >= 4 is 11.9 Å². The Labute approximate surface area is 106 Å². The van der Waals surface area contributed by atoms with Crippen molar-refractivity contribution in [1.82, 2.24) is 0 Å². The molecule has 0 aliphatic carbocycles. The molecule has 0 rings (SSSR count). The molecule has 0 spiro atoms. The van der Waals surface area contributed by atoms with Crippen molar-refractivity contribution in [3.05, 3.63) is 5.92 Å². The Bertz CT molecular complexity index is 197. The van der Waals surface area contributed by atoms with E-state index in [0.29, 0.717) is 12.8 Å². The largest absolute Gasteiger partial charge is 1.00 e. The molecule has 0 atom stereocenters. The molecule has 0 radical (unpaired) electrons.